The molecule has 0 aliphatic carbocycles. The summed E-state index contributed by atoms with van der Waals surface area (Å²) in [7, 11) is 0. The van der Waals surface area contributed by atoms with Gasteiger partial charge in [0.05, 0.1) is 4.91 Å². The van der Waals surface area contributed by atoms with Gasteiger partial charge in [0.25, 0.3) is 17.1 Å². The molecular formula is C25H25N3O5S. The van der Waals surface area contributed by atoms with E-state index in [-0.39, 0.29) is 29.9 Å². The summed E-state index contributed by atoms with van der Waals surface area (Å²) in [5.74, 6) is -0.428. The number of nitrogens with zero attached hydrogens (tertiary/aromatic N) is 2. The summed E-state index contributed by atoms with van der Waals surface area (Å²) in [4.78, 5) is 52.5. The third-order valence-corrected chi connectivity index (χ3v) is 6.39. The van der Waals surface area contributed by atoms with Gasteiger partial charge in [0, 0.05) is 18.8 Å². The van der Waals surface area contributed by atoms with Gasteiger partial charge in [0.15, 0.2) is 6.61 Å². The number of ether oxygens (including phenoxy) is 1. The van der Waals surface area contributed by atoms with Crippen LogP contribution >= 0.6 is 11.8 Å². The Hall–Kier alpha value is -3.59. The molecule has 2 fully saturated rings. The minimum Gasteiger partial charge on any atom is -0.484 e. The molecule has 8 nitrogen and oxygen atoms in total. The summed E-state index contributed by atoms with van der Waals surface area (Å²) in [6, 6.07) is 15.9. The van der Waals surface area contributed by atoms with Gasteiger partial charge in [0.1, 0.15) is 12.3 Å². The van der Waals surface area contributed by atoms with Gasteiger partial charge in [-0.25, -0.2) is 0 Å². The molecular weight excluding hydrogens is 454 g/mol. The third kappa shape index (κ3) is 6.05. The molecule has 0 atom stereocenters. The molecule has 0 aromatic heterocycles. The van der Waals surface area contributed by atoms with Gasteiger partial charge in [-0.1, -0.05) is 30.3 Å². The van der Waals surface area contributed by atoms with Crippen molar-refractivity contribution in [3.8, 4) is 5.75 Å². The van der Waals surface area contributed by atoms with Crippen molar-refractivity contribution in [2.24, 2.45) is 0 Å². The standard InChI is InChI=1S/C25H25N3O5S/c29-22(26-19-7-3-1-4-8-19)17-33-20-11-9-18(10-12-20)15-21-24(31)28(25(32)34-21)16-23(30)27-13-5-2-6-14-27/h1,3-4,7-12,15H,2,5-6,13-14,16-17H2,(H,26,29)/b21-15-. The first-order chi connectivity index (χ1) is 16.5. The highest BCUT2D eigenvalue weighted by atomic mass is 32.2. The van der Waals surface area contributed by atoms with Crippen LogP contribution in [-0.4, -0.2) is 59.0 Å². The predicted molar refractivity (Wildman–Crippen MR) is 130 cm³/mol. The smallest absolute Gasteiger partial charge is 0.294 e. The van der Waals surface area contributed by atoms with Gasteiger partial charge in [-0.2, -0.15) is 0 Å². The minimum absolute atomic E-state index is 0.141. The van der Waals surface area contributed by atoms with Crippen molar-refractivity contribution >= 4 is 46.5 Å². The molecule has 0 saturated carbocycles. The monoisotopic (exact) mass is 479 g/mol. The van der Waals surface area contributed by atoms with E-state index in [1.807, 2.05) is 18.2 Å². The summed E-state index contributed by atoms with van der Waals surface area (Å²) in [5.41, 5.74) is 1.40. The summed E-state index contributed by atoms with van der Waals surface area (Å²) in [5, 5.41) is 2.30. The first kappa shape index (κ1) is 23.6. The maximum atomic E-state index is 12.7. The lowest BCUT2D eigenvalue weighted by Crippen LogP contribution is -2.44. The van der Waals surface area contributed by atoms with Crippen LogP contribution in [0.2, 0.25) is 0 Å². The molecule has 0 spiro atoms. The molecule has 0 radical (unpaired) electrons. The number of hydrogen-bond donors (Lipinski definition) is 1. The molecule has 2 heterocycles. The van der Waals surface area contributed by atoms with Crippen molar-refractivity contribution in [3.05, 3.63) is 65.1 Å². The Balaban J connectivity index is 1.31. The normalized spacial score (nSPS) is 17.2. The molecule has 9 heteroatoms. The summed E-state index contributed by atoms with van der Waals surface area (Å²) in [6.45, 7) is 0.985. The molecule has 0 unspecified atom stereocenters. The molecule has 34 heavy (non-hydrogen) atoms. The van der Waals surface area contributed by atoms with E-state index < -0.39 is 11.1 Å². The molecule has 2 saturated heterocycles. The molecule has 2 aliphatic heterocycles. The summed E-state index contributed by atoms with van der Waals surface area (Å²) < 4.78 is 5.51. The average molecular weight is 480 g/mol. The molecule has 2 aliphatic rings. The topological polar surface area (TPSA) is 96.0 Å². The van der Waals surface area contributed by atoms with Gasteiger partial charge in [-0.05, 0) is 66.9 Å². The number of para-hydroxylation sites is 1. The number of carbonyl (C=O) groups is 4. The Kier molecular flexibility index (Phi) is 7.64. The number of imide groups is 1. The van der Waals surface area contributed by atoms with Crippen LogP contribution in [0.15, 0.2) is 59.5 Å². The van der Waals surface area contributed by atoms with Crippen LogP contribution in [0.5, 0.6) is 5.75 Å². The zero-order chi connectivity index (χ0) is 23.9. The highest BCUT2D eigenvalue weighted by Gasteiger charge is 2.37. The number of rotatable bonds is 7. The van der Waals surface area contributed by atoms with E-state index in [9.17, 15) is 19.2 Å². The molecule has 1 N–H and O–H groups in total. The predicted octanol–water partition coefficient (Wildman–Crippen LogP) is 3.75. The van der Waals surface area contributed by atoms with Crippen molar-refractivity contribution in [1.82, 2.24) is 9.80 Å². The van der Waals surface area contributed by atoms with Gasteiger partial charge >= 0.3 is 0 Å². The van der Waals surface area contributed by atoms with Crippen LogP contribution in [-0.2, 0) is 14.4 Å². The van der Waals surface area contributed by atoms with E-state index in [4.69, 9.17) is 4.74 Å². The Morgan fingerprint density at radius 2 is 1.68 bits per heavy atom. The van der Waals surface area contributed by atoms with Crippen LogP contribution < -0.4 is 10.1 Å². The second-order valence-corrected chi connectivity index (χ2v) is 8.97. The molecule has 176 valence electrons. The highest BCUT2D eigenvalue weighted by Crippen LogP contribution is 2.32. The van der Waals surface area contributed by atoms with Crippen LogP contribution in [0.4, 0.5) is 10.5 Å². The quantitative estimate of drug-likeness (QED) is 0.608. The lowest BCUT2D eigenvalue weighted by molar-refractivity contribution is -0.136. The summed E-state index contributed by atoms with van der Waals surface area (Å²) >= 11 is 0.828. The van der Waals surface area contributed by atoms with Crippen molar-refractivity contribution < 1.29 is 23.9 Å². The van der Waals surface area contributed by atoms with E-state index >= 15 is 0 Å². The van der Waals surface area contributed by atoms with Crippen LogP contribution in [0, 0.1) is 0 Å². The number of hydrogen-bond acceptors (Lipinski definition) is 6. The molecule has 2 aromatic rings. The first-order valence-corrected chi connectivity index (χ1v) is 11.9. The van der Waals surface area contributed by atoms with Gasteiger partial charge in [0.2, 0.25) is 5.91 Å². The van der Waals surface area contributed by atoms with E-state index in [1.54, 1.807) is 47.4 Å². The van der Waals surface area contributed by atoms with Crippen molar-refractivity contribution in [2.75, 3.05) is 31.6 Å². The zero-order valence-electron chi connectivity index (χ0n) is 18.6. The SMILES string of the molecule is O=C(COc1ccc(/C=C2\SC(=O)N(CC(=O)N3CCCCC3)C2=O)cc1)Nc1ccccc1. The maximum absolute atomic E-state index is 12.7. The number of carbonyl (C=O) groups excluding carboxylic acids is 4. The Morgan fingerprint density at radius 1 is 0.971 bits per heavy atom. The minimum atomic E-state index is -0.460. The Bertz CT molecular complexity index is 1100. The fourth-order valence-electron chi connectivity index (χ4n) is 3.69. The number of thioether (sulfide) groups is 1. The van der Waals surface area contributed by atoms with Gasteiger partial charge in [-0.3, -0.25) is 24.1 Å². The second kappa shape index (κ2) is 11.0. The Morgan fingerprint density at radius 3 is 2.38 bits per heavy atom. The van der Waals surface area contributed by atoms with Gasteiger partial charge < -0.3 is 15.0 Å². The lowest BCUT2D eigenvalue weighted by Gasteiger charge is -2.27. The lowest BCUT2D eigenvalue weighted by atomic mass is 10.1. The number of amides is 4. The van der Waals surface area contributed by atoms with E-state index in [0.717, 1.165) is 35.9 Å². The molecule has 2 aromatic carbocycles. The van der Waals surface area contributed by atoms with Crippen molar-refractivity contribution in [3.63, 3.8) is 0 Å². The number of piperidine rings is 1. The van der Waals surface area contributed by atoms with Crippen LogP contribution in [0.25, 0.3) is 6.08 Å². The second-order valence-electron chi connectivity index (χ2n) is 7.98. The van der Waals surface area contributed by atoms with Crippen molar-refractivity contribution in [2.45, 2.75) is 19.3 Å². The van der Waals surface area contributed by atoms with Crippen LogP contribution in [0.3, 0.4) is 0 Å². The highest BCUT2D eigenvalue weighted by molar-refractivity contribution is 8.18. The zero-order valence-corrected chi connectivity index (χ0v) is 19.4. The van der Waals surface area contributed by atoms with Gasteiger partial charge in [-0.15, -0.1) is 0 Å². The first-order valence-electron chi connectivity index (χ1n) is 11.1. The number of benzene rings is 2. The van der Waals surface area contributed by atoms with E-state index in [2.05, 4.69) is 5.32 Å². The third-order valence-electron chi connectivity index (χ3n) is 5.48. The average Bonchev–Trinajstić information content (AvgIpc) is 3.12. The fourth-order valence-corrected chi connectivity index (χ4v) is 4.53. The Labute approximate surface area is 201 Å². The van der Waals surface area contributed by atoms with E-state index in [1.165, 1.54) is 0 Å². The largest absolute Gasteiger partial charge is 0.484 e. The van der Waals surface area contributed by atoms with Crippen molar-refractivity contribution in [1.29, 1.82) is 0 Å². The number of likely N-dealkylation sites (tertiary alicyclic amines) is 1. The number of nitrogens with one attached hydrogen (secondary N) is 1. The number of anilines is 1. The van der Waals surface area contributed by atoms with E-state index in [0.29, 0.717) is 30.1 Å². The van der Waals surface area contributed by atoms with Crippen LogP contribution in [0.1, 0.15) is 24.8 Å². The maximum Gasteiger partial charge on any atom is 0.294 e. The molecule has 0 bridgehead atoms. The fraction of sp³-hybridized carbons (Fsp3) is 0.280. The molecule has 4 rings (SSSR count). The molecule has 4 amide bonds. The summed E-state index contributed by atoms with van der Waals surface area (Å²) in [6.07, 6.45) is 4.61.